The first-order valence-electron chi connectivity index (χ1n) is 6.15. The van der Waals surface area contributed by atoms with Gasteiger partial charge in [-0.2, -0.15) is 0 Å². The number of H-pyrrole nitrogens is 1. The lowest BCUT2D eigenvalue weighted by Gasteiger charge is -2.01. The number of nitro groups is 1. The predicted octanol–water partition coefficient (Wildman–Crippen LogP) is 2.70. The molecule has 0 radical (unpaired) electrons. The van der Waals surface area contributed by atoms with Gasteiger partial charge in [0.15, 0.2) is 5.75 Å². The second-order valence-electron chi connectivity index (χ2n) is 3.60. The monoisotopic (exact) mass is 223 g/mol. The first kappa shape index (κ1) is 7.27. The lowest BCUT2D eigenvalue weighted by atomic mass is 10.1. The molecule has 2 rings (SSSR count). The van der Waals surface area contributed by atoms with Crippen LogP contribution in [0.5, 0.6) is 5.75 Å². The summed E-state index contributed by atoms with van der Waals surface area (Å²) in [6.45, 7) is 3.69. The third-order valence-corrected chi connectivity index (χ3v) is 2.69. The van der Waals surface area contributed by atoms with E-state index in [1.54, 1.807) is 0 Å². The van der Waals surface area contributed by atoms with E-state index in [1.165, 1.54) is 12.1 Å². The molecule has 0 saturated carbocycles. The summed E-state index contributed by atoms with van der Waals surface area (Å²) in [7, 11) is -2.72. The molecule has 1 heterocycles. The summed E-state index contributed by atoms with van der Waals surface area (Å²) in [5, 5.41) is 11.7. The standard InChI is InChI=1S/C11H12N2O3/c1-6-7(2)12-9-5-10(13(14)15)11(16-3)4-8(6)9/h4-5,12H,1-3H3/i3D3. The van der Waals surface area contributed by atoms with Crippen molar-refractivity contribution in [3.05, 3.63) is 33.5 Å². The van der Waals surface area contributed by atoms with E-state index in [4.69, 9.17) is 8.85 Å². The number of hydrogen-bond donors (Lipinski definition) is 1. The highest BCUT2D eigenvalue weighted by molar-refractivity contribution is 5.88. The van der Waals surface area contributed by atoms with Crippen molar-refractivity contribution in [2.45, 2.75) is 13.8 Å². The molecule has 1 aromatic carbocycles. The number of aromatic nitrogens is 1. The number of benzene rings is 1. The highest BCUT2D eigenvalue weighted by Crippen LogP contribution is 2.33. The Bertz CT molecular complexity index is 661. The van der Waals surface area contributed by atoms with E-state index < -0.39 is 12.0 Å². The van der Waals surface area contributed by atoms with Gasteiger partial charge in [-0.1, -0.05) is 0 Å². The summed E-state index contributed by atoms with van der Waals surface area (Å²) in [6.07, 6.45) is 0. The van der Waals surface area contributed by atoms with Crippen LogP contribution in [0.2, 0.25) is 0 Å². The highest BCUT2D eigenvalue weighted by Gasteiger charge is 2.17. The molecular weight excluding hydrogens is 208 g/mol. The van der Waals surface area contributed by atoms with Gasteiger partial charge in [0.1, 0.15) is 0 Å². The number of ether oxygens (including phenoxy) is 1. The van der Waals surface area contributed by atoms with E-state index in [0.717, 1.165) is 11.3 Å². The molecule has 0 bridgehead atoms. The summed E-state index contributed by atoms with van der Waals surface area (Å²) in [4.78, 5) is 13.3. The fourth-order valence-electron chi connectivity index (χ4n) is 1.70. The summed E-state index contributed by atoms with van der Waals surface area (Å²) >= 11 is 0. The number of aromatic amines is 1. The van der Waals surface area contributed by atoms with E-state index in [0.29, 0.717) is 10.9 Å². The van der Waals surface area contributed by atoms with Crippen LogP contribution in [-0.2, 0) is 0 Å². The quantitative estimate of drug-likeness (QED) is 0.628. The van der Waals surface area contributed by atoms with Crippen molar-refractivity contribution in [2.24, 2.45) is 0 Å². The molecule has 84 valence electrons. The Labute approximate surface area is 96.4 Å². The second kappa shape index (κ2) is 3.52. The van der Waals surface area contributed by atoms with Crippen LogP contribution in [0.15, 0.2) is 12.1 Å². The molecule has 0 fully saturated rings. The Hall–Kier alpha value is -2.04. The number of hydrogen-bond acceptors (Lipinski definition) is 3. The number of methoxy groups -OCH3 is 1. The van der Waals surface area contributed by atoms with Gasteiger partial charge in [-0.3, -0.25) is 10.1 Å². The number of nitro benzene ring substituents is 1. The maximum atomic E-state index is 11.0. The predicted molar refractivity (Wildman–Crippen MR) is 61.0 cm³/mol. The zero-order valence-corrected chi connectivity index (χ0v) is 8.83. The van der Waals surface area contributed by atoms with Gasteiger partial charge in [-0.25, -0.2) is 0 Å². The third-order valence-electron chi connectivity index (χ3n) is 2.69. The van der Waals surface area contributed by atoms with Crippen LogP contribution >= 0.6 is 0 Å². The van der Waals surface area contributed by atoms with Gasteiger partial charge in [0, 0.05) is 17.1 Å². The Morgan fingerprint density at radius 2 is 2.25 bits per heavy atom. The van der Waals surface area contributed by atoms with Gasteiger partial charge in [0.25, 0.3) is 0 Å². The van der Waals surface area contributed by atoms with Crippen LogP contribution in [-0.4, -0.2) is 16.9 Å². The fraction of sp³-hybridized carbons (Fsp3) is 0.273. The van der Waals surface area contributed by atoms with Crippen molar-refractivity contribution in [2.75, 3.05) is 7.04 Å². The minimum absolute atomic E-state index is 0.250. The molecule has 1 aromatic heterocycles. The van der Waals surface area contributed by atoms with Crippen LogP contribution in [0.3, 0.4) is 0 Å². The van der Waals surface area contributed by atoms with Gasteiger partial charge >= 0.3 is 5.69 Å². The van der Waals surface area contributed by atoms with E-state index >= 15 is 0 Å². The molecule has 0 aliphatic rings. The number of fused-ring (bicyclic) bond motifs is 1. The van der Waals surface area contributed by atoms with E-state index in [2.05, 4.69) is 4.98 Å². The Kier molecular flexibility index (Phi) is 1.60. The molecule has 5 heteroatoms. The highest BCUT2D eigenvalue weighted by atomic mass is 16.6. The maximum absolute atomic E-state index is 11.0. The average Bonchev–Trinajstić information content (AvgIpc) is 2.52. The first-order valence-corrected chi connectivity index (χ1v) is 4.65. The number of rotatable bonds is 2. The lowest BCUT2D eigenvalue weighted by molar-refractivity contribution is -0.385. The van der Waals surface area contributed by atoms with E-state index in [-0.39, 0.29) is 11.4 Å². The van der Waals surface area contributed by atoms with Gasteiger partial charge in [-0.15, -0.1) is 0 Å². The lowest BCUT2D eigenvalue weighted by Crippen LogP contribution is -1.93. The molecular formula is C11H12N2O3. The largest absolute Gasteiger partial charge is 0.490 e. The molecule has 0 spiro atoms. The summed E-state index contributed by atoms with van der Waals surface area (Å²) in [5.74, 6) is -0.250. The van der Waals surface area contributed by atoms with Crippen LogP contribution in [0.4, 0.5) is 5.69 Å². The third kappa shape index (κ3) is 1.41. The normalized spacial score (nSPS) is 14.2. The Balaban J connectivity index is 2.68. The number of nitrogens with one attached hydrogen (secondary N) is 1. The van der Waals surface area contributed by atoms with Crippen molar-refractivity contribution in [1.29, 1.82) is 0 Å². The van der Waals surface area contributed by atoms with Crippen LogP contribution < -0.4 is 4.74 Å². The van der Waals surface area contributed by atoms with Crippen LogP contribution in [0.1, 0.15) is 15.4 Å². The van der Waals surface area contributed by atoms with E-state index in [1.807, 2.05) is 13.8 Å². The minimum Gasteiger partial charge on any atom is -0.490 e. The second-order valence-corrected chi connectivity index (χ2v) is 3.60. The molecule has 0 aliphatic heterocycles. The van der Waals surface area contributed by atoms with Crippen molar-refractivity contribution in [3.63, 3.8) is 0 Å². The topological polar surface area (TPSA) is 68.2 Å². The smallest absolute Gasteiger partial charge is 0.313 e. The number of nitrogens with zero attached hydrogens (tertiary/aromatic N) is 1. The average molecular weight is 223 g/mol. The van der Waals surface area contributed by atoms with Gasteiger partial charge in [0.2, 0.25) is 0 Å². The van der Waals surface area contributed by atoms with E-state index in [9.17, 15) is 10.1 Å². The molecule has 2 aromatic rings. The maximum Gasteiger partial charge on any atom is 0.313 e. The molecule has 5 nitrogen and oxygen atoms in total. The van der Waals surface area contributed by atoms with Crippen LogP contribution in [0.25, 0.3) is 10.9 Å². The van der Waals surface area contributed by atoms with Gasteiger partial charge in [-0.05, 0) is 25.5 Å². The van der Waals surface area contributed by atoms with Crippen molar-refractivity contribution >= 4 is 16.6 Å². The summed E-state index contributed by atoms with van der Waals surface area (Å²) < 4.78 is 25.9. The number of aryl methyl sites for hydroxylation is 2. The zero-order valence-electron chi connectivity index (χ0n) is 11.8. The molecule has 0 aliphatic carbocycles. The van der Waals surface area contributed by atoms with Crippen LogP contribution in [0, 0.1) is 24.0 Å². The molecule has 0 unspecified atom stereocenters. The molecule has 0 saturated heterocycles. The summed E-state index contributed by atoms with van der Waals surface area (Å²) in [5.41, 5.74) is 1.99. The first-order chi connectivity index (χ1) is 8.69. The van der Waals surface area contributed by atoms with Crippen molar-refractivity contribution < 1.29 is 13.8 Å². The minimum atomic E-state index is -2.72. The molecule has 0 amide bonds. The Morgan fingerprint density at radius 3 is 2.88 bits per heavy atom. The van der Waals surface area contributed by atoms with Crippen molar-refractivity contribution in [1.82, 2.24) is 4.98 Å². The fourth-order valence-corrected chi connectivity index (χ4v) is 1.70. The molecule has 0 atom stereocenters. The van der Waals surface area contributed by atoms with Crippen molar-refractivity contribution in [3.8, 4) is 5.75 Å². The molecule has 1 N–H and O–H groups in total. The zero-order chi connectivity index (χ0) is 14.4. The van der Waals surface area contributed by atoms with Gasteiger partial charge in [0.05, 0.1) is 21.6 Å². The molecule has 16 heavy (non-hydrogen) atoms. The summed E-state index contributed by atoms with van der Waals surface area (Å²) in [6, 6.07) is 2.68. The van der Waals surface area contributed by atoms with Gasteiger partial charge < -0.3 is 9.72 Å². The Morgan fingerprint density at radius 1 is 1.50 bits per heavy atom. The SMILES string of the molecule is [2H]C([2H])([2H])Oc1cc2c(C)c(C)[nH]c2cc1[N+](=O)[O-].